The van der Waals surface area contributed by atoms with Crippen LogP contribution in [0.15, 0.2) is 18.2 Å². The first-order chi connectivity index (χ1) is 11.1. The zero-order valence-electron chi connectivity index (χ0n) is 12.9. The summed E-state index contributed by atoms with van der Waals surface area (Å²) in [6, 6.07) is 1.68. The van der Waals surface area contributed by atoms with Crippen LogP contribution in [0.1, 0.15) is 35.7 Å². The number of nitro benzene ring substituents is 1. The third-order valence-corrected chi connectivity index (χ3v) is 4.20. The molecule has 1 aromatic rings. The number of carbonyl (C=O) groups is 1. The number of amides is 1. The Labute approximate surface area is 136 Å². The number of aliphatic hydroxyl groups excluding tert-OH is 1. The highest BCUT2D eigenvalue weighted by Crippen LogP contribution is 2.33. The van der Waals surface area contributed by atoms with E-state index in [1.54, 1.807) is 6.92 Å². The molecule has 1 N–H and O–H groups in total. The van der Waals surface area contributed by atoms with Gasteiger partial charge in [-0.1, -0.05) is 0 Å². The SMILES string of the molecule is CC1CCC(CO)CN1C(=O)c1cc([N+](=O)[O-])cc(C(F)(F)F)c1. The normalized spacial score (nSPS) is 21.6. The second-order valence-corrected chi connectivity index (χ2v) is 5.96. The number of nitro groups is 1. The Hall–Kier alpha value is -2.16. The third-order valence-electron chi connectivity index (χ3n) is 4.20. The number of hydrogen-bond donors (Lipinski definition) is 1. The zero-order valence-corrected chi connectivity index (χ0v) is 12.9. The van der Waals surface area contributed by atoms with Crippen molar-refractivity contribution in [3.8, 4) is 0 Å². The predicted octanol–water partition coefficient (Wildman–Crippen LogP) is 2.85. The average Bonchev–Trinajstić information content (AvgIpc) is 2.53. The van der Waals surface area contributed by atoms with Crippen molar-refractivity contribution in [2.24, 2.45) is 5.92 Å². The molecule has 6 nitrogen and oxygen atoms in total. The number of hydrogen-bond acceptors (Lipinski definition) is 4. The summed E-state index contributed by atoms with van der Waals surface area (Å²) in [5, 5.41) is 20.1. The molecule has 0 spiro atoms. The molecule has 0 radical (unpaired) electrons. The fourth-order valence-corrected chi connectivity index (χ4v) is 2.78. The zero-order chi connectivity index (χ0) is 18.1. The smallest absolute Gasteiger partial charge is 0.396 e. The number of aliphatic hydroxyl groups is 1. The minimum atomic E-state index is -4.79. The van der Waals surface area contributed by atoms with Crippen LogP contribution < -0.4 is 0 Å². The molecule has 0 saturated carbocycles. The predicted molar refractivity (Wildman–Crippen MR) is 78.4 cm³/mol. The van der Waals surface area contributed by atoms with Gasteiger partial charge in [0, 0.05) is 36.9 Å². The fraction of sp³-hybridized carbons (Fsp3) is 0.533. The number of alkyl halides is 3. The van der Waals surface area contributed by atoms with Crippen molar-refractivity contribution in [1.82, 2.24) is 4.90 Å². The van der Waals surface area contributed by atoms with Crippen molar-refractivity contribution in [2.75, 3.05) is 13.2 Å². The molecule has 1 aliphatic heterocycles. The lowest BCUT2D eigenvalue weighted by atomic mass is 9.93. The Morgan fingerprint density at radius 3 is 2.58 bits per heavy atom. The third kappa shape index (κ3) is 3.84. The van der Waals surface area contributed by atoms with E-state index in [1.807, 2.05) is 0 Å². The molecule has 0 bridgehead atoms. The molecule has 9 heteroatoms. The number of nitrogens with zero attached hydrogens (tertiary/aromatic N) is 2. The molecule has 0 aliphatic carbocycles. The number of benzene rings is 1. The molecular formula is C15H17F3N2O4. The second-order valence-electron chi connectivity index (χ2n) is 5.96. The van der Waals surface area contributed by atoms with Gasteiger partial charge in [0.25, 0.3) is 11.6 Å². The number of piperidine rings is 1. The highest BCUT2D eigenvalue weighted by Gasteiger charge is 2.35. The number of rotatable bonds is 3. The number of halogens is 3. The van der Waals surface area contributed by atoms with Gasteiger partial charge in [-0.15, -0.1) is 0 Å². The Bertz CT molecular complexity index is 648. The van der Waals surface area contributed by atoms with Gasteiger partial charge in [0.15, 0.2) is 0 Å². The molecule has 1 heterocycles. The lowest BCUT2D eigenvalue weighted by molar-refractivity contribution is -0.385. The van der Waals surface area contributed by atoms with Crippen molar-refractivity contribution < 1.29 is 28.0 Å². The maximum atomic E-state index is 12.9. The van der Waals surface area contributed by atoms with Gasteiger partial charge in [-0.05, 0) is 31.7 Å². The maximum Gasteiger partial charge on any atom is 0.416 e. The van der Waals surface area contributed by atoms with Gasteiger partial charge in [-0.25, -0.2) is 0 Å². The van der Waals surface area contributed by atoms with Crippen LogP contribution in [0.4, 0.5) is 18.9 Å². The standard InChI is InChI=1S/C15H17F3N2O4/c1-9-2-3-10(8-21)7-19(9)14(22)11-4-12(15(16,17)18)6-13(5-11)20(23)24/h4-6,9-10,21H,2-3,7-8H2,1H3. The molecule has 1 aromatic carbocycles. The molecule has 0 aromatic heterocycles. The van der Waals surface area contributed by atoms with Crippen molar-refractivity contribution in [3.05, 3.63) is 39.4 Å². The number of carbonyl (C=O) groups excluding carboxylic acids is 1. The molecule has 2 rings (SSSR count). The molecule has 1 aliphatic rings. The van der Waals surface area contributed by atoms with Crippen molar-refractivity contribution in [1.29, 1.82) is 0 Å². The Kier molecular flexibility index (Phi) is 5.12. The molecule has 1 fully saturated rings. The first kappa shape index (κ1) is 18.2. The molecular weight excluding hydrogens is 329 g/mol. The highest BCUT2D eigenvalue weighted by atomic mass is 19.4. The van der Waals surface area contributed by atoms with Gasteiger partial charge in [0.1, 0.15) is 0 Å². The largest absolute Gasteiger partial charge is 0.416 e. The van der Waals surface area contributed by atoms with Gasteiger partial charge in [-0.3, -0.25) is 14.9 Å². The second kappa shape index (κ2) is 6.76. The molecule has 1 amide bonds. The van der Waals surface area contributed by atoms with Crippen LogP contribution in [0.5, 0.6) is 0 Å². The van der Waals surface area contributed by atoms with Crippen LogP contribution in [-0.4, -0.2) is 40.0 Å². The Morgan fingerprint density at radius 1 is 1.38 bits per heavy atom. The van der Waals surface area contributed by atoms with E-state index in [0.29, 0.717) is 25.0 Å². The monoisotopic (exact) mass is 346 g/mol. The van der Waals surface area contributed by atoms with Gasteiger partial charge < -0.3 is 10.0 Å². The number of non-ortho nitro benzene ring substituents is 1. The molecule has 132 valence electrons. The van der Waals surface area contributed by atoms with E-state index < -0.39 is 28.3 Å². The van der Waals surface area contributed by atoms with E-state index in [2.05, 4.69) is 0 Å². The summed E-state index contributed by atoms with van der Waals surface area (Å²) in [6.07, 6.45) is -3.47. The summed E-state index contributed by atoms with van der Waals surface area (Å²) in [7, 11) is 0. The van der Waals surface area contributed by atoms with Crippen molar-refractivity contribution in [3.63, 3.8) is 0 Å². The Balaban J connectivity index is 2.40. The molecule has 2 unspecified atom stereocenters. The summed E-state index contributed by atoms with van der Waals surface area (Å²) < 4.78 is 38.8. The molecule has 2 atom stereocenters. The van der Waals surface area contributed by atoms with E-state index in [4.69, 9.17) is 0 Å². The topological polar surface area (TPSA) is 83.7 Å². The minimum absolute atomic E-state index is 0.126. The quantitative estimate of drug-likeness (QED) is 0.674. The van der Waals surface area contributed by atoms with Crippen LogP contribution in [0, 0.1) is 16.0 Å². The summed E-state index contributed by atoms with van der Waals surface area (Å²) in [4.78, 5) is 23.9. The summed E-state index contributed by atoms with van der Waals surface area (Å²) >= 11 is 0. The van der Waals surface area contributed by atoms with E-state index >= 15 is 0 Å². The first-order valence-corrected chi connectivity index (χ1v) is 7.42. The minimum Gasteiger partial charge on any atom is -0.396 e. The van der Waals surface area contributed by atoms with Crippen LogP contribution in [0.2, 0.25) is 0 Å². The van der Waals surface area contributed by atoms with E-state index in [9.17, 15) is 33.2 Å². The fourth-order valence-electron chi connectivity index (χ4n) is 2.78. The van der Waals surface area contributed by atoms with Gasteiger partial charge in [0.2, 0.25) is 0 Å². The summed E-state index contributed by atoms with van der Waals surface area (Å²) in [5.41, 5.74) is -2.39. The molecule has 24 heavy (non-hydrogen) atoms. The maximum absolute atomic E-state index is 12.9. The van der Waals surface area contributed by atoms with E-state index in [-0.39, 0.29) is 30.7 Å². The lowest BCUT2D eigenvalue weighted by Gasteiger charge is -2.37. The lowest BCUT2D eigenvalue weighted by Crippen LogP contribution is -2.46. The summed E-state index contributed by atoms with van der Waals surface area (Å²) in [5.74, 6) is -0.846. The van der Waals surface area contributed by atoms with Crippen LogP contribution in [0.25, 0.3) is 0 Å². The van der Waals surface area contributed by atoms with Gasteiger partial charge in [0.05, 0.1) is 10.5 Å². The molecule has 1 saturated heterocycles. The van der Waals surface area contributed by atoms with Crippen LogP contribution in [0.3, 0.4) is 0 Å². The van der Waals surface area contributed by atoms with Crippen molar-refractivity contribution >= 4 is 11.6 Å². The summed E-state index contributed by atoms with van der Waals surface area (Å²) in [6.45, 7) is 1.84. The van der Waals surface area contributed by atoms with E-state index in [0.717, 1.165) is 6.07 Å². The van der Waals surface area contributed by atoms with Crippen LogP contribution >= 0.6 is 0 Å². The number of likely N-dealkylation sites (tertiary alicyclic amines) is 1. The highest BCUT2D eigenvalue weighted by molar-refractivity contribution is 5.95. The van der Waals surface area contributed by atoms with Gasteiger partial charge in [-0.2, -0.15) is 13.2 Å². The van der Waals surface area contributed by atoms with E-state index in [1.165, 1.54) is 4.90 Å². The van der Waals surface area contributed by atoms with Crippen LogP contribution in [-0.2, 0) is 6.18 Å². The van der Waals surface area contributed by atoms with Crippen molar-refractivity contribution in [2.45, 2.75) is 32.0 Å². The first-order valence-electron chi connectivity index (χ1n) is 7.42. The average molecular weight is 346 g/mol. The van der Waals surface area contributed by atoms with Gasteiger partial charge >= 0.3 is 6.18 Å². The Morgan fingerprint density at radius 2 is 2.04 bits per heavy atom.